The molecule has 7 heteroatoms. The fourth-order valence-electron chi connectivity index (χ4n) is 1.57. The van der Waals surface area contributed by atoms with Crippen molar-refractivity contribution < 1.29 is 14.8 Å². The second-order valence-corrected chi connectivity index (χ2v) is 5.61. The second-order valence-electron chi connectivity index (χ2n) is 5.61. The number of nitrogens with zero attached hydrogens (tertiary/aromatic N) is 2. The number of nitriles is 1. The summed E-state index contributed by atoms with van der Waals surface area (Å²) < 4.78 is 5.33. The molecule has 0 saturated heterocycles. The van der Waals surface area contributed by atoms with Gasteiger partial charge in [0, 0.05) is 18.2 Å². The van der Waals surface area contributed by atoms with Gasteiger partial charge in [0.2, 0.25) is 0 Å². The van der Waals surface area contributed by atoms with E-state index < -0.39 is 11.0 Å². The third kappa shape index (κ3) is 5.38. The van der Waals surface area contributed by atoms with Crippen molar-refractivity contribution in [2.45, 2.75) is 32.4 Å². The number of rotatable bonds is 6. The number of ether oxygens (including phenoxy) is 1. The zero-order valence-electron chi connectivity index (χ0n) is 12.3. The van der Waals surface area contributed by atoms with Crippen LogP contribution in [0.5, 0.6) is 5.75 Å². The van der Waals surface area contributed by atoms with Crippen LogP contribution in [-0.2, 0) is 0 Å². The smallest absolute Gasteiger partial charge is 0.290 e. The summed E-state index contributed by atoms with van der Waals surface area (Å²) in [6.45, 7) is 6.16. The maximum atomic E-state index is 10.8. The van der Waals surface area contributed by atoms with E-state index in [0.717, 1.165) is 0 Å². The number of nitro benzene ring substituents is 1. The van der Waals surface area contributed by atoms with Gasteiger partial charge >= 0.3 is 0 Å². The number of nitro groups is 1. The van der Waals surface area contributed by atoms with Gasteiger partial charge in [0.1, 0.15) is 24.5 Å². The van der Waals surface area contributed by atoms with Gasteiger partial charge in [0.25, 0.3) is 5.69 Å². The molecule has 0 spiro atoms. The van der Waals surface area contributed by atoms with Crippen LogP contribution >= 0.6 is 0 Å². The lowest BCUT2D eigenvalue weighted by molar-refractivity contribution is -0.385. The Balaban J connectivity index is 2.70. The number of β-amino-alcohol motifs (C(OH)–C–C–N with tert-alkyl or cyclic N) is 1. The lowest BCUT2D eigenvalue weighted by atomic mass is 10.1. The Morgan fingerprint density at radius 3 is 2.71 bits per heavy atom. The molecule has 1 atom stereocenters. The normalized spacial score (nSPS) is 12.5. The van der Waals surface area contributed by atoms with Crippen LogP contribution in [0.15, 0.2) is 18.2 Å². The Morgan fingerprint density at radius 1 is 1.52 bits per heavy atom. The third-order valence-corrected chi connectivity index (χ3v) is 2.61. The van der Waals surface area contributed by atoms with Crippen LogP contribution < -0.4 is 10.1 Å². The van der Waals surface area contributed by atoms with E-state index in [9.17, 15) is 15.2 Å². The first kappa shape index (κ1) is 16.9. The number of nitrogens with one attached hydrogen (secondary N) is 1. The summed E-state index contributed by atoms with van der Waals surface area (Å²) in [5, 5.41) is 32.8. The van der Waals surface area contributed by atoms with E-state index in [-0.39, 0.29) is 29.1 Å². The van der Waals surface area contributed by atoms with Gasteiger partial charge in [-0.15, -0.1) is 0 Å². The molecule has 0 saturated carbocycles. The molecule has 1 aromatic carbocycles. The molecule has 21 heavy (non-hydrogen) atoms. The lowest BCUT2D eigenvalue weighted by Crippen LogP contribution is -2.42. The molecule has 0 aliphatic heterocycles. The van der Waals surface area contributed by atoms with Gasteiger partial charge in [-0.2, -0.15) is 5.26 Å². The molecule has 1 aromatic rings. The summed E-state index contributed by atoms with van der Waals surface area (Å²) in [5.74, 6) is 0.0986. The molecule has 0 heterocycles. The fraction of sp³-hybridized carbons (Fsp3) is 0.500. The first-order valence-corrected chi connectivity index (χ1v) is 6.48. The quantitative estimate of drug-likeness (QED) is 0.609. The summed E-state index contributed by atoms with van der Waals surface area (Å²) in [5.41, 5.74) is -0.583. The van der Waals surface area contributed by atoms with Gasteiger partial charge in [-0.1, -0.05) is 6.07 Å². The molecule has 0 amide bonds. The minimum atomic E-state index is -0.782. The Hall–Kier alpha value is -2.17. The molecule has 0 bridgehead atoms. The van der Waals surface area contributed by atoms with Crippen molar-refractivity contribution in [3.05, 3.63) is 33.9 Å². The SMILES string of the molecule is CC(C)(C)NCC(O)COc1cccc([N+](=O)[O-])c1C#N. The summed E-state index contributed by atoms with van der Waals surface area (Å²) in [6.07, 6.45) is -0.782. The number of aliphatic hydroxyl groups excluding tert-OH is 1. The molecule has 0 aromatic heterocycles. The minimum Gasteiger partial charge on any atom is -0.489 e. The van der Waals surface area contributed by atoms with E-state index in [1.165, 1.54) is 18.2 Å². The summed E-state index contributed by atoms with van der Waals surface area (Å²) >= 11 is 0. The predicted molar refractivity (Wildman–Crippen MR) is 77.1 cm³/mol. The molecule has 0 radical (unpaired) electrons. The summed E-state index contributed by atoms with van der Waals surface area (Å²) in [6, 6.07) is 5.91. The maximum Gasteiger partial charge on any atom is 0.290 e. The first-order valence-electron chi connectivity index (χ1n) is 6.48. The van der Waals surface area contributed by atoms with E-state index >= 15 is 0 Å². The molecule has 1 unspecified atom stereocenters. The monoisotopic (exact) mass is 293 g/mol. The zero-order chi connectivity index (χ0) is 16.0. The van der Waals surface area contributed by atoms with E-state index in [0.29, 0.717) is 6.54 Å². The minimum absolute atomic E-state index is 0.0566. The highest BCUT2D eigenvalue weighted by Crippen LogP contribution is 2.27. The van der Waals surface area contributed by atoms with Crippen LogP contribution in [0, 0.1) is 21.4 Å². The van der Waals surface area contributed by atoms with E-state index in [1.54, 1.807) is 6.07 Å². The molecule has 1 rings (SSSR count). The third-order valence-electron chi connectivity index (χ3n) is 2.61. The van der Waals surface area contributed by atoms with Gasteiger partial charge in [-0.3, -0.25) is 10.1 Å². The molecule has 0 aliphatic carbocycles. The van der Waals surface area contributed by atoms with Gasteiger partial charge < -0.3 is 15.2 Å². The molecule has 7 nitrogen and oxygen atoms in total. The van der Waals surface area contributed by atoms with Crippen molar-refractivity contribution in [2.24, 2.45) is 0 Å². The van der Waals surface area contributed by atoms with Gasteiger partial charge in [-0.05, 0) is 26.8 Å². The topological polar surface area (TPSA) is 108 Å². The Morgan fingerprint density at radius 2 is 2.19 bits per heavy atom. The van der Waals surface area contributed by atoms with Gasteiger partial charge in [0.15, 0.2) is 5.56 Å². The van der Waals surface area contributed by atoms with Crippen molar-refractivity contribution in [1.82, 2.24) is 5.32 Å². The Labute approximate surface area is 123 Å². The largest absolute Gasteiger partial charge is 0.489 e. The predicted octanol–water partition coefficient (Wildman–Crippen LogP) is 1.59. The van der Waals surface area contributed by atoms with Crippen LogP contribution in [0.1, 0.15) is 26.3 Å². The van der Waals surface area contributed by atoms with Crippen LogP contribution in [0.4, 0.5) is 5.69 Å². The molecule has 0 aliphatic rings. The van der Waals surface area contributed by atoms with E-state index in [4.69, 9.17) is 10.00 Å². The van der Waals surface area contributed by atoms with Crippen molar-refractivity contribution in [1.29, 1.82) is 5.26 Å². The highest BCUT2D eigenvalue weighted by atomic mass is 16.6. The maximum absolute atomic E-state index is 10.8. The lowest BCUT2D eigenvalue weighted by Gasteiger charge is -2.23. The van der Waals surface area contributed by atoms with Crippen molar-refractivity contribution in [3.8, 4) is 11.8 Å². The average Bonchev–Trinajstić information content (AvgIpc) is 2.41. The Kier molecular flexibility index (Phi) is 5.64. The molecule has 0 fully saturated rings. The average molecular weight is 293 g/mol. The van der Waals surface area contributed by atoms with Crippen LogP contribution in [0.3, 0.4) is 0 Å². The molecule has 114 valence electrons. The van der Waals surface area contributed by atoms with Crippen LogP contribution in [0.2, 0.25) is 0 Å². The number of benzene rings is 1. The summed E-state index contributed by atoms with van der Waals surface area (Å²) in [4.78, 5) is 10.2. The summed E-state index contributed by atoms with van der Waals surface area (Å²) in [7, 11) is 0. The van der Waals surface area contributed by atoms with Gasteiger partial charge in [0.05, 0.1) is 4.92 Å². The highest BCUT2D eigenvalue weighted by Gasteiger charge is 2.19. The van der Waals surface area contributed by atoms with Crippen molar-refractivity contribution in [3.63, 3.8) is 0 Å². The molecular weight excluding hydrogens is 274 g/mol. The number of aliphatic hydroxyl groups is 1. The molecular formula is C14H19N3O4. The Bertz CT molecular complexity index is 546. The van der Waals surface area contributed by atoms with Crippen molar-refractivity contribution >= 4 is 5.69 Å². The number of hydrogen-bond acceptors (Lipinski definition) is 6. The standard InChI is InChI=1S/C14H19N3O4/c1-14(2,3)16-8-10(18)9-21-13-6-4-5-12(17(19)20)11(13)7-15/h4-6,10,16,18H,8-9H2,1-3H3. The second kappa shape index (κ2) is 7.02. The van der Waals surface area contributed by atoms with Crippen LogP contribution in [-0.4, -0.2) is 34.8 Å². The highest BCUT2D eigenvalue weighted by molar-refractivity contribution is 5.56. The van der Waals surface area contributed by atoms with Gasteiger partial charge in [-0.25, -0.2) is 0 Å². The van der Waals surface area contributed by atoms with E-state index in [1.807, 2.05) is 20.8 Å². The first-order chi connectivity index (χ1) is 9.74. The van der Waals surface area contributed by atoms with Crippen molar-refractivity contribution in [2.75, 3.05) is 13.2 Å². The fourth-order valence-corrected chi connectivity index (χ4v) is 1.57. The molecule has 2 N–H and O–H groups in total. The van der Waals surface area contributed by atoms with E-state index in [2.05, 4.69) is 5.32 Å². The van der Waals surface area contributed by atoms with Crippen LogP contribution in [0.25, 0.3) is 0 Å². The zero-order valence-corrected chi connectivity index (χ0v) is 12.3. The number of hydrogen-bond donors (Lipinski definition) is 2.